The first-order valence-corrected chi connectivity index (χ1v) is 3.03. The summed E-state index contributed by atoms with van der Waals surface area (Å²) in [5, 5.41) is 0. The Balaban J connectivity index is 3.05. The first-order chi connectivity index (χ1) is 3.77. The standard InChI is InChI=1S/C8H14/c1-4-5-6-7-8(2)3/h4-5H,2,6-7H2,1,3H3/b5-4+. The molecular weight excluding hydrogens is 96.1 g/mol. The Labute approximate surface area is 51.9 Å². The molecule has 0 N–H and O–H groups in total. The average Bonchev–Trinajstić information content (AvgIpc) is 1.66. The van der Waals surface area contributed by atoms with Crippen molar-refractivity contribution in [3.8, 4) is 0 Å². The zero-order chi connectivity index (χ0) is 6.41. The molecule has 0 spiro atoms. The summed E-state index contributed by atoms with van der Waals surface area (Å²) in [5.41, 5.74) is 1.27. The van der Waals surface area contributed by atoms with E-state index in [9.17, 15) is 0 Å². The topological polar surface area (TPSA) is 0 Å². The number of rotatable bonds is 3. The van der Waals surface area contributed by atoms with E-state index >= 15 is 0 Å². The highest BCUT2D eigenvalue weighted by Crippen LogP contribution is 1.99. The Morgan fingerprint density at radius 3 is 2.62 bits per heavy atom. The van der Waals surface area contributed by atoms with Crippen LogP contribution in [0.15, 0.2) is 24.3 Å². The molecule has 0 atom stereocenters. The zero-order valence-corrected chi connectivity index (χ0v) is 5.78. The summed E-state index contributed by atoms with van der Waals surface area (Å²) in [6.07, 6.45) is 6.51. The number of allylic oxidation sites excluding steroid dienone is 3. The zero-order valence-electron chi connectivity index (χ0n) is 5.78. The highest BCUT2D eigenvalue weighted by Gasteiger charge is 1.79. The Kier molecular flexibility index (Phi) is 4.33. The second-order valence-electron chi connectivity index (χ2n) is 2.06. The maximum Gasteiger partial charge on any atom is -0.0291 e. The van der Waals surface area contributed by atoms with Crippen molar-refractivity contribution in [2.45, 2.75) is 26.7 Å². The molecule has 0 aromatic heterocycles. The molecule has 0 saturated carbocycles. The van der Waals surface area contributed by atoms with E-state index in [-0.39, 0.29) is 0 Å². The van der Waals surface area contributed by atoms with Crippen LogP contribution < -0.4 is 0 Å². The van der Waals surface area contributed by atoms with Crippen LogP contribution in [0.25, 0.3) is 0 Å². The SMILES string of the molecule is C=C(C)CC/C=C/C. The molecule has 0 nitrogen and oxygen atoms in total. The van der Waals surface area contributed by atoms with Gasteiger partial charge in [0.1, 0.15) is 0 Å². The maximum atomic E-state index is 3.79. The van der Waals surface area contributed by atoms with E-state index in [1.807, 2.05) is 6.92 Å². The van der Waals surface area contributed by atoms with Crippen molar-refractivity contribution in [1.29, 1.82) is 0 Å². The van der Waals surface area contributed by atoms with Crippen molar-refractivity contribution < 1.29 is 0 Å². The molecule has 0 rings (SSSR count). The smallest absolute Gasteiger partial charge is 0.0291 e. The Bertz CT molecular complexity index is 88.2. The molecule has 0 aromatic carbocycles. The molecule has 46 valence electrons. The van der Waals surface area contributed by atoms with Crippen LogP contribution in [0.4, 0.5) is 0 Å². The third-order valence-electron chi connectivity index (χ3n) is 0.973. The predicted molar refractivity (Wildman–Crippen MR) is 38.9 cm³/mol. The normalized spacial score (nSPS) is 10.2. The molecule has 0 aliphatic rings. The fourth-order valence-electron chi connectivity index (χ4n) is 0.496. The van der Waals surface area contributed by atoms with Crippen molar-refractivity contribution >= 4 is 0 Å². The quantitative estimate of drug-likeness (QED) is 0.490. The van der Waals surface area contributed by atoms with E-state index in [0.717, 1.165) is 12.8 Å². The van der Waals surface area contributed by atoms with Gasteiger partial charge in [-0.25, -0.2) is 0 Å². The Hall–Kier alpha value is -0.520. The highest BCUT2D eigenvalue weighted by molar-refractivity contribution is 4.91. The number of hydrogen-bond acceptors (Lipinski definition) is 0. The molecule has 0 bridgehead atoms. The van der Waals surface area contributed by atoms with Gasteiger partial charge in [0.25, 0.3) is 0 Å². The molecule has 0 unspecified atom stereocenters. The summed E-state index contributed by atoms with van der Waals surface area (Å²) < 4.78 is 0. The van der Waals surface area contributed by atoms with Crippen molar-refractivity contribution in [2.24, 2.45) is 0 Å². The lowest BCUT2D eigenvalue weighted by molar-refractivity contribution is 0.982. The van der Waals surface area contributed by atoms with Gasteiger partial charge in [-0.3, -0.25) is 0 Å². The largest absolute Gasteiger partial charge is 0.100 e. The molecule has 0 fully saturated rings. The predicted octanol–water partition coefficient (Wildman–Crippen LogP) is 2.92. The lowest BCUT2D eigenvalue weighted by Gasteiger charge is -1.90. The molecule has 0 heterocycles. The van der Waals surface area contributed by atoms with E-state index in [4.69, 9.17) is 0 Å². The second-order valence-corrected chi connectivity index (χ2v) is 2.06. The minimum absolute atomic E-state index is 1.13. The van der Waals surface area contributed by atoms with Gasteiger partial charge in [-0.1, -0.05) is 17.7 Å². The second kappa shape index (κ2) is 4.63. The maximum absolute atomic E-state index is 3.79. The van der Waals surface area contributed by atoms with Crippen molar-refractivity contribution in [3.63, 3.8) is 0 Å². The summed E-state index contributed by atoms with van der Waals surface area (Å²) in [6.45, 7) is 7.89. The molecule has 0 aromatic rings. The van der Waals surface area contributed by atoms with Crippen LogP contribution in [0.5, 0.6) is 0 Å². The Morgan fingerprint density at radius 2 is 2.25 bits per heavy atom. The first-order valence-electron chi connectivity index (χ1n) is 3.03. The third-order valence-corrected chi connectivity index (χ3v) is 0.973. The van der Waals surface area contributed by atoms with Crippen LogP contribution >= 0.6 is 0 Å². The fraction of sp³-hybridized carbons (Fsp3) is 0.500. The van der Waals surface area contributed by atoms with Gasteiger partial charge in [-0.05, 0) is 26.7 Å². The molecule has 8 heavy (non-hydrogen) atoms. The van der Waals surface area contributed by atoms with Gasteiger partial charge in [-0.15, -0.1) is 6.58 Å². The van der Waals surface area contributed by atoms with Gasteiger partial charge >= 0.3 is 0 Å². The molecule has 0 aliphatic heterocycles. The van der Waals surface area contributed by atoms with E-state index in [1.54, 1.807) is 0 Å². The van der Waals surface area contributed by atoms with E-state index in [1.165, 1.54) is 5.57 Å². The summed E-state index contributed by atoms with van der Waals surface area (Å²) in [6, 6.07) is 0. The average molecular weight is 110 g/mol. The van der Waals surface area contributed by atoms with Crippen molar-refractivity contribution in [3.05, 3.63) is 24.3 Å². The van der Waals surface area contributed by atoms with Crippen LogP contribution in [0, 0.1) is 0 Å². The summed E-state index contributed by atoms with van der Waals surface area (Å²) in [7, 11) is 0. The minimum Gasteiger partial charge on any atom is -0.100 e. The van der Waals surface area contributed by atoms with Gasteiger partial charge in [0.15, 0.2) is 0 Å². The summed E-state index contributed by atoms with van der Waals surface area (Å²) >= 11 is 0. The molecule has 0 radical (unpaired) electrons. The van der Waals surface area contributed by atoms with Crippen LogP contribution in [-0.2, 0) is 0 Å². The van der Waals surface area contributed by atoms with Gasteiger partial charge in [0.2, 0.25) is 0 Å². The lowest BCUT2D eigenvalue weighted by atomic mass is 10.2. The monoisotopic (exact) mass is 110 g/mol. The third kappa shape index (κ3) is 5.48. The minimum atomic E-state index is 1.13. The van der Waals surface area contributed by atoms with Crippen LogP contribution in [-0.4, -0.2) is 0 Å². The van der Waals surface area contributed by atoms with E-state index < -0.39 is 0 Å². The highest BCUT2D eigenvalue weighted by atomic mass is 13.9. The molecule has 0 heteroatoms. The summed E-state index contributed by atoms with van der Waals surface area (Å²) in [4.78, 5) is 0. The van der Waals surface area contributed by atoms with E-state index in [2.05, 4.69) is 25.7 Å². The first kappa shape index (κ1) is 7.48. The molecule has 0 saturated heterocycles. The van der Waals surface area contributed by atoms with Crippen molar-refractivity contribution in [2.75, 3.05) is 0 Å². The van der Waals surface area contributed by atoms with E-state index in [0.29, 0.717) is 0 Å². The molecule has 0 aliphatic carbocycles. The van der Waals surface area contributed by atoms with Gasteiger partial charge in [0.05, 0.1) is 0 Å². The van der Waals surface area contributed by atoms with Gasteiger partial charge in [-0.2, -0.15) is 0 Å². The fourth-order valence-corrected chi connectivity index (χ4v) is 0.496. The van der Waals surface area contributed by atoms with Gasteiger partial charge < -0.3 is 0 Å². The lowest BCUT2D eigenvalue weighted by Crippen LogP contribution is -1.69. The summed E-state index contributed by atoms with van der Waals surface area (Å²) in [5.74, 6) is 0. The molecular formula is C8H14. The molecule has 0 amide bonds. The van der Waals surface area contributed by atoms with Crippen LogP contribution in [0.2, 0.25) is 0 Å². The Morgan fingerprint density at radius 1 is 1.62 bits per heavy atom. The van der Waals surface area contributed by atoms with Crippen LogP contribution in [0.1, 0.15) is 26.7 Å². The van der Waals surface area contributed by atoms with Crippen LogP contribution in [0.3, 0.4) is 0 Å². The van der Waals surface area contributed by atoms with Crippen molar-refractivity contribution in [1.82, 2.24) is 0 Å². The van der Waals surface area contributed by atoms with Gasteiger partial charge in [0, 0.05) is 0 Å². The number of hydrogen-bond donors (Lipinski definition) is 0.